The summed E-state index contributed by atoms with van der Waals surface area (Å²) in [4.78, 5) is 15.5. The van der Waals surface area contributed by atoms with Crippen LogP contribution in [0.5, 0.6) is 0 Å². The summed E-state index contributed by atoms with van der Waals surface area (Å²) >= 11 is 1.45. The van der Waals surface area contributed by atoms with Crippen LogP contribution in [-0.4, -0.2) is 18.4 Å². The van der Waals surface area contributed by atoms with Crippen LogP contribution in [0.4, 0.5) is 0 Å². The number of methoxy groups -OCH3 is 1. The highest BCUT2D eigenvalue weighted by molar-refractivity contribution is 7.13. The van der Waals surface area contributed by atoms with Crippen LogP contribution < -0.4 is 0 Å². The molecule has 14 heavy (non-hydrogen) atoms. The number of carbonyl (C=O) groups excluding carboxylic acids is 1. The van der Waals surface area contributed by atoms with Crippen molar-refractivity contribution >= 4 is 17.6 Å². The summed E-state index contributed by atoms with van der Waals surface area (Å²) < 4.78 is 5.57. The molecular weight excluding hydrogens is 198 g/mol. The van der Waals surface area contributed by atoms with E-state index in [1.807, 2.05) is 0 Å². The van der Waals surface area contributed by atoms with Crippen molar-refractivity contribution in [3.8, 4) is 0 Å². The summed E-state index contributed by atoms with van der Waals surface area (Å²) in [5.41, 5.74) is -0.202. The fraction of sp³-hybridized carbons (Fsp3) is 0.600. The second kappa shape index (κ2) is 3.79. The molecule has 0 bridgehead atoms. The van der Waals surface area contributed by atoms with Crippen LogP contribution in [0.25, 0.3) is 0 Å². The number of hydrogen-bond acceptors (Lipinski definition) is 4. The molecule has 0 radical (unpaired) electrons. The maximum Gasteiger partial charge on any atom is 0.161 e. The Bertz CT molecular complexity index is 329. The average Bonchev–Trinajstić information content (AvgIpc) is 2.87. The van der Waals surface area contributed by atoms with Gasteiger partial charge in [-0.05, 0) is 12.8 Å². The molecule has 1 aromatic heterocycles. The molecule has 1 saturated carbocycles. The number of aromatic nitrogens is 1. The summed E-state index contributed by atoms with van der Waals surface area (Å²) in [6.07, 6.45) is 6.89. The minimum atomic E-state index is -0.202. The van der Waals surface area contributed by atoms with Crippen LogP contribution in [0.2, 0.25) is 0 Å². The van der Waals surface area contributed by atoms with E-state index in [0.717, 1.165) is 24.1 Å². The van der Waals surface area contributed by atoms with Gasteiger partial charge in [0, 0.05) is 13.3 Å². The third-order valence-electron chi connectivity index (χ3n) is 2.83. The highest BCUT2D eigenvalue weighted by Crippen LogP contribution is 2.42. The minimum Gasteiger partial charge on any atom is -0.371 e. The summed E-state index contributed by atoms with van der Waals surface area (Å²) in [6, 6.07) is 0. The Kier molecular flexibility index (Phi) is 2.65. The second-order valence-electron chi connectivity index (χ2n) is 3.59. The molecule has 0 spiro atoms. The van der Waals surface area contributed by atoms with Gasteiger partial charge in [0.2, 0.25) is 0 Å². The van der Waals surface area contributed by atoms with Crippen molar-refractivity contribution < 1.29 is 9.53 Å². The Morgan fingerprint density at radius 3 is 2.79 bits per heavy atom. The van der Waals surface area contributed by atoms with E-state index in [0.29, 0.717) is 4.88 Å². The molecule has 4 heteroatoms. The first-order chi connectivity index (χ1) is 6.80. The van der Waals surface area contributed by atoms with E-state index < -0.39 is 0 Å². The van der Waals surface area contributed by atoms with Crippen molar-refractivity contribution in [1.82, 2.24) is 4.98 Å². The first kappa shape index (κ1) is 9.80. The molecule has 3 nitrogen and oxygen atoms in total. The highest BCUT2D eigenvalue weighted by atomic mass is 32.1. The zero-order chi connectivity index (χ0) is 10.0. The van der Waals surface area contributed by atoms with Crippen molar-refractivity contribution in [2.45, 2.75) is 31.3 Å². The molecule has 0 unspecified atom stereocenters. The number of hydrogen-bond donors (Lipinski definition) is 0. The lowest BCUT2D eigenvalue weighted by molar-refractivity contribution is -0.00885. The average molecular weight is 211 g/mol. The van der Waals surface area contributed by atoms with Crippen LogP contribution in [-0.2, 0) is 10.3 Å². The van der Waals surface area contributed by atoms with E-state index in [1.165, 1.54) is 24.2 Å². The fourth-order valence-corrected chi connectivity index (χ4v) is 2.96. The van der Waals surface area contributed by atoms with Gasteiger partial charge in [-0.25, -0.2) is 4.98 Å². The van der Waals surface area contributed by atoms with Crippen molar-refractivity contribution in [1.29, 1.82) is 0 Å². The molecule has 0 saturated heterocycles. The third-order valence-corrected chi connectivity index (χ3v) is 3.94. The number of thiazole rings is 1. The molecule has 0 atom stereocenters. The smallest absolute Gasteiger partial charge is 0.161 e. The fourth-order valence-electron chi connectivity index (χ4n) is 2.00. The van der Waals surface area contributed by atoms with Crippen molar-refractivity contribution in [2.75, 3.05) is 7.11 Å². The standard InChI is InChI=1S/C10H13NO2S/c1-13-10(4-2-3-5-10)9-11-6-8(7-12)14-9/h6-7H,2-5H2,1H3. The normalized spacial score (nSPS) is 19.8. The van der Waals surface area contributed by atoms with Crippen LogP contribution in [0.3, 0.4) is 0 Å². The number of nitrogens with zero attached hydrogens (tertiary/aromatic N) is 1. The Morgan fingerprint density at radius 2 is 2.29 bits per heavy atom. The number of carbonyl (C=O) groups is 1. The zero-order valence-corrected chi connectivity index (χ0v) is 8.97. The second-order valence-corrected chi connectivity index (χ2v) is 4.65. The number of ether oxygens (including phenoxy) is 1. The van der Waals surface area contributed by atoms with E-state index in [2.05, 4.69) is 4.98 Å². The highest BCUT2D eigenvalue weighted by Gasteiger charge is 2.38. The Labute approximate surface area is 87.1 Å². The van der Waals surface area contributed by atoms with Gasteiger partial charge in [-0.3, -0.25) is 4.79 Å². The molecule has 76 valence electrons. The number of aldehydes is 1. The molecule has 2 rings (SSSR count). The molecule has 1 heterocycles. The maximum atomic E-state index is 10.6. The van der Waals surface area contributed by atoms with Gasteiger partial charge in [-0.1, -0.05) is 12.8 Å². The van der Waals surface area contributed by atoms with Gasteiger partial charge in [-0.15, -0.1) is 11.3 Å². The Balaban J connectivity index is 2.30. The van der Waals surface area contributed by atoms with E-state index in [9.17, 15) is 4.79 Å². The van der Waals surface area contributed by atoms with Gasteiger partial charge >= 0.3 is 0 Å². The molecule has 1 aliphatic rings. The first-order valence-corrected chi connectivity index (χ1v) is 5.59. The van der Waals surface area contributed by atoms with E-state index >= 15 is 0 Å². The minimum absolute atomic E-state index is 0.202. The SMILES string of the molecule is COC1(c2ncc(C=O)s2)CCCC1. The van der Waals surface area contributed by atoms with Crippen molar-refractivity contribution in [3.63, 3.8) is 0 Å². The van der Waals surface area contributed by atoms with Gasteiger partial charge < -0.3 is 4.74 Å². The monoisotopic (exact) mass is 211 g/mol. The van der Waals surface area contributed by atoms with Gasteiger partial charge in [-0.2, -0.15) is 0 Å². The van der Waals surface area contributed by atoms with Gasteiger partial charge in [0.05, 0.1) is 4.88 Å². The Morgan fingerprint density at radius 1 is 1.57 bits per heavy atom. The van der Waals surface area contributed by atoms with Crippen LogP contribution in [0, 0.1) is 0 Å². The molecular formula is C10H13NO2S. The summed E-state index contributed by atoms with van der Waals surface area (Å²) in [7, 11) is 1.73. The predicted octanol–water partition coefficient (Wildman–Crippen LogP) is 2.37. The molecule has 0 aromatic carbocycles. The maximum absolute atomic E-state index is 10.6. The lowest BCUT2D eigenvalue weighted by Gasteiger charge is -2.24. The summed E-state index contributed by atoms with van der Waals surface area (Å²) in [6.45, 7) is 0. The quantitative estimate of drug-likeness (QED) is 0.720. The Hall–Kier alpha value is -0.740. The first-order valence-electron chi connectivity index (χ1n) is 4.77. The molecule has 0 aliphatic heterocycles. The molecule has 0 amide bonds. The van der Waals surface area contributed by atoms with Crippen molar-refractivity contribution in [3.05, 3.63) is 16.1 Å². The molecule has 0 N–H and O–H groups in total. The summed E-state index contributed by atoms with van der Waals surface area (Å²) in [5.74, 6) is 0. The van der Waals surface area contributed by atoms with Crippen LogP contribution in [0.15, 0.2) is 6.20 Å². The third kappa shape index (κ3) is 1.48. The largest absolute Gasteiger partial charge is 0.371 e. The zero-order valence-electron chi connectivity index (χ0n) is 8.16. The molecule has 1 aliphatic carbocycles. The van der Waals surface area contributed by atoms with E-state index in [1.54, 1.807) is 13.3 Å². The van der Waals surface area contributed by atoms with Crippen LogP contribution in [0.1, 0.15) is 40.4 Å². The van der Waals surface area contributed by atoms with E-state index in [-0.39, 0.29) is 5.60 Å². The van der Waals surface area contributed by atoms with Gasteiger partial charge in [0.1, 0.15) is 10.6 Å². The number of rotatable bonds is 3. The lowest BCUT2D eigenvalue weighted by atomic mass is 10.0. The summed E-state index contributed by atoms with van der Waals surface area (Å²) in [5, 5.41) is 0.958. The van der Waals surface area contributed by atoms with Crippen molar-refractivity contribution in [2.24, 2.45) is 0 Å². The molecule has 1 fully saturated rings. The lowest BCUT2D eigenvalue weighted by Crippen LogP contribution is -2.23. The topological polar surface area (TPSA) is 39.2 Å². The van der Waals surface area contributed by atoms with Gasteiger partial charge in [0.25, 0.3) is 0 Å². The van der Waals surface area contributed by atoms with Crippen LogP contribution >= 0.6 is 11.3 Å². The molecule has 1 aromatic rings. The van der Waals surface area contributed by atoms with E-state index in [4.69, 9.17) is 4.74 Å². The predicted molar refractivity (Wildman–Crippen MR) is 54.7 cm³/mol. The van der Waals surface area contributed by atoms with Gasteiger partial charge in [0.15, 0.2) is 6.29 Å².